The van der Waals surface area contributed by atoms with Gasteiger partial charge in [0.25, 0.3) is 0 Å². The molecule has 1 fully saturated rings. The SMILES string of the molecule is CN1C(=O)Cc2cnc(N3CCNCC3C(=O)c3ccccc3)nc21. The number of anilines is 2. The van der Waals surface area contributed by atoms with Crippen LogP contribution < -0.4 is 15.1 Å². The molecule has 2 aliphatic rings. The van der Waals surface area contributed by atoms with Crippen LogP contribution in [0.15, 0.2) is 36.5 Å². The van der Waals surface area contributed by atoms with Gasteiger partial charge in [0.15, 0.2) is 5.78 Å². The lowest BCUT2D eigenvalue weighted by atomic mass is 10.0. The maximum Gasteiger partial charge on any atom is 0.232 e. The maximum atomic E-state index is 12.9. The summed E-state index contributed by atoms with van der Waals surface area (Å²) in [6, 6.07) is 8.90. The number of likely N-dealkylation sites (N-methyl/N-ethyl adjacent to an activating group) is 1. The van der Waals surface area contributed by atoms with Gasteiger partial charge in [0.1, 0.15) is 11.9 Å². The Kier molecular flexibility index (Phi) is 3.93. The fraction of sp³-hybridized carbons (Fsp3) is 0.333. The summed E-state index contributed by atoms with van der Waals surface area (Å²) >= 11 is 0. The topological polar surface area (TPSA) is 78.4 Å². The molecule has 2 aromatic rings. The molecular formula is C18H19N5O2. The minimum Gasteiger partial charge on any atom is -0.328 e. The third-order valence-electron chi connectivity index (χ3n) is 4.72. The van der Waals surface area contributed by atoms with Crippen molar-refractivity contribution in [1.29, 1.82) is 0 Å². The van der Waals surface area contributed by atoms with Crippen LogP contribution in [0.25, 0.3) is 0 Å². The number of aromatic nitrogens is 2. The lowest BCUT2D eigenvalue weighted by Gasteiger charge is -2.35. The van der Waals surface area contributed by atoms with Gasteiger partial charge < -0.3 is 10.2 Å². The van der Waals surface area contributed by atoms with Crippen molar-refractivity contribution in [2.75, 3.05) is 36.5 Å². The van der Waals surface area contributed by atoms with Gasteiger partial charge in [0, 0.05) is 44.0 Å². The number of piperazine rings is 1. The Balaban J connectivity index is 1.66. The largest absolute Gasteiger partial charge is 0.328 e. The Hall–Kier alpha value is -2.80. The summed E-state index contributed by atoms with van der Waals surface area (Å²) in [4.78, 5) is 37.3. The van der Waals surface area contributed by atoms with E-state index in [1.807, 2.05) is 35.2 Å². The summed E-state index contributed by atoms with van der Waals surface area (Å²) in [5.41, 5.74) is 1.51. The molecule has 0 aliphatic carbocycles. The van der Waals surface area contributed by atoms with Crippen molar-refractivity contribution in [3.8, 4) is 0 Å². The van der Waals surface area contributed by atoms with E-state index in [2.05, 4.69) is 15.3 Å². The quantitative estimate of drug-likeness (QED) is 0.829. The number of carbonyl (C=O) groups excluding carboxylic acids is 2. The van der Waals surface area contributed by atoms with Crippen LogP contribution in [0.5, 0.6) is 0 Å². The van der Waals surface area contributed by atoms with Crippen LogP contribution in [0.1, 0.15) is 15.9 Å². The average molecular weight is 337 g/mol. The van der Waals surface area contributed by atoms with Crippen molar-refractivity contribution in [3.63, 3.8) is 0 Å². The highest BCUT2D eigenvalue weighted by Crippen LogP contribution is 2.27. The predicted molar refractivity (Wildman–Crippen MR) is 93.9 cm³/mol. The molecule has 1 amide bonds. The van der Waals surface area contributed by atoms with Crippen molar-refractivity contribution in [1.82, 2.24) is 15.3 Å². The molecule has 1 N–H and O–H groups in total. The molecule has 0 saturated carbocycles. The molecule has 7 nitrogen and oxygen atoms in total. The molecule has 4 rings (SSSR count). The zero-order chi connectivity index (χ0) is 17.4. The van der Waals surface area contributed by atoms with Gasteiger partial charge in [-0.15, -0.1) is 0 Å². The van der Waals surface area contributed by atoms with E-state index in [0.29, 0.717) is 36.8 Å². The van der Waals surface area contributed by atoms with E-state index in [1.54, 1.807) is 18.1 Å². The van der Waals surface area contributed by atoms with Crippen molar-refractivity contribution in [2.45, 2.75) is 12.5 Å². The van der Waals surface area contributed by atoms with Gasteiger partial charge in [-0.3, -0.25) is 14.5 Å². The number of amides is 1. The molecule has 0 radical (unpaired) electrons. The first-order chi connectivity index (χ1) is 12.1. The number of benzene rings is 1. The Morgan fingerprint density at radius 1 is 1.28 bits per heavy atom. The van der Waals surface area contributed by atoms with Gasteiger partial charge in [0.05, 0.1) is 6.42 Å². The lowest BCUT2D eigenvalue weighted by Crippen LogP contribution is -2.55. The first-order valence-electron chi connectivity index (χ1n) is 8.34. The maximum absolute atomic E-state index is 12.9. The molecule has 1 unspecified atom stereocenters. The van der Waals surface area contributed by atoms with Crippen molar-refractivity contribution >= 4 is 23.5 Å². The van der Waals surface area contributed by atoms with E-state index in [0.717, 1.165) is 12.1 Å². The van der Waals surface area contributed by atoms with Crippen LogP contribution in [0.2, 0.25) is 0 Å². The number of fused-ring (bicyclic) bond motifs is 1. The fourth-order valence-electron chi connectivity index (χ4n) is 3.31. The Morgan fingerprint density at radius 2 is 2.08 bits per heavy atom. The number of hydrogen-bond donors (Lipinski definition) is 1. The average Bonchev–Trinajstić information content (AvgIpc) is 2.95. The highest BCUT2D eigenvalue weighted by molar-refractivity contribution is 6.02. The number of hydrogen-bond acceptors (Lipinski definition) is 6. The minimum atomic E-state index is -0.364. The lowest BCUT2D eigenvalue weighted by molar-refractivity contribution is -0.117. The number of nitrogens with zero attached hydrogens (tertiary/aromatic N) is 4. The van der Waals surface area contributed by atoms with Crippen LogP contribution >= 0.6 is 0 Å². The second-order valence-corrected chi connectivity index (χ2v) is 6.29. The van der Waals surface area contributed by atoms with Crippen LogP contribution in [-0.4, -0.2) is 54.4 Å². The number of carbonyl (C=O) groups is 2. The van der Waals surface area contributed by atoms with Crippen molar-refractivity contribution < 1.29 is 9.59 Å². The molecule has 1 saturated heterocycles. The molecule has 1 aromatic heterocycles. The van der Waals surface area contributed by atoms with Gasteiger partial charge in [-0.1, -0.05) is 30.3 Å². The summed E-state index contributed by atoms with van der Waals surface area (Å²) < 4.78 is 0. The first-order valence-corrected chi connectivity index (χ1v) is 8.34. The third-order valence-corrected chi connectivity index (χ3v) is 4.72. The summed E-state index contributed by atoms with van der Waals surface area (Å²) in [6.45, 7) is 1.94. The van der Waals surface area contributed by atoms with Gasteiger partial charge in [-0.25, -0.2) is 4.98 Å². The molecule has 0 bridgehead atoms. The third kappa shape index (κ3) is 2.76. The van der Waals surface area contributed by atoms with E-state index in [9.17, 15) is 9.59 Å². The summed E-state index contributed by atoms with van der Waals surface area (Å²) in [5, 5.41) is 3.27. The Labute approximate surface area is 145 Å². The standard InChI is InChI=1S/C18H19N5O2/c1-22-15(24)9-13-10-20-18(21-17(13)22)23-8-7-19-11-14(23)16(25)12-5-3-2-4-6-12/h2-6,10,14,19H,7-9,11H2,1H3. The second-order valence-electron chi connectivity index (χ2n) is 6.29. The number of Topliss-reactive ketones (excluding diaryl/α,β-unsaturated/α-hetero) is 1. The molecule has 2 aliphatic heterocycles. The van der Waals surface area contributed by atoms with E-state index in [4.69, 9.17) is 0 Å². The monoisotopic (exact) mass is 337 g/mol. The zero-order valence-corrected chi connectivity index (χ0v) is 14.0. The molecule has 3 heterocycles. The van der Waals surface area contributed by atoms with Crippen LogP contribution in [0.3, 0.4) is 0 Å². The van der Waals surface area contributed by atoms with Crippen LogP contribution in [0, 0.1) is 0 Å². The highest BCUT2D eigenvalue weighted by atomic mass is 16.2. The van der Waals surface area contributed by atoms with Gasteiger partial charge in [-0.2, -0.15) is 4.98 Å². The van der Waals surface area contributed by atoms with Crippen LogP contribution in [-0.2, 0) is 11.2 Å². The van der Waals surface area contributed by atoms with E-state index >= 15 is 0 Å². The number of ketones is 1. The van der Waals surface area contributed by atoms with Gasteiger partial charge in [-0.05, 0) is 0 Å². The molecule has 1 aromatic carbocycles. The summed E-state index contributed by atoms with van der Waals surface area (Å²) in [6.07, 6.45) is 2.03. The number of nitrogens with one attached hydrogen (secondary N) is 1. The smallest absolute Gasteiger partial charge is 0.232 e. The molecule has 25 heavy (non-hydrogen) atoms. The Bertz CT molecular complexity index is 823. The highest BCUT2D eigenvalue weighted by Gasteiger charge is 2.33. The molecule has 0 spiro atoms. The van der Waals surface area contributed by atoms with E-state index in [1.165, 1.54) is 0 Å². The van der Waals surface area contributed by atoms with Gasteiger partial charge in [0.2, 0.25) is 11.9 Å². The molecular weight excluding hydrogens is 318 g/mol. The molecule has 7 heteroatoms. The fourth-order valence-corrected chi connectivity index (χ4v) is 3.31. The minimum absolute atomic E-state index is 0.0127. The van der Waals surface area contributed by atoms with E-state index < -0.39 is 0 Å². The first kappa shape index (κ1) is 15.7. The van der Waals surface area contributed by atoms with E-state index in [-0.39, 0.29) is 17.7 Å². The van der Waals surface area contributed by atoms with Crippen molar-refractivity contribution in [2.24, 2.45) is 0 Å². The predicted octanol–water partition coefficient (Wildman–Crippen LogP) is 0.657. The number of rotatable bonds is 3. The van der Waals surface area contributed by atoms with Crippen LogP contribution in [0.4, 0.5) is 11.8 Å². The molecule has 1 atom stereocenters. The van der Waals surface area contributed by atoms with Gasteiger partial charge >= 0.3 is 0 Å². The summed E-state index contributed by atoms with van der Waals surface area (Å²) in [5.74, 6) is 1.19. The molecule has 128 valence electrons. The van der Waals surface area contributed by atoms with Crippen molar-refractivity contribution in [3.05, 3.63) is 47.7 Å². The normalized spacial score (nSPS) is 19.9. The second kappa shape index (κ2) is 6.25. The Morgan fingerprint density at radius 3 is 2.88 bits per heavy atom. The summed E-state index contributed by atoms with van der Waals surface area (Å²) in [7, 11) is 1.72. The zero-order valence-electron chi connectivity index (χ0n) is 14.0.